The van der Waals surface area contributed by atoms with Crippen LogP contribution < -0.4 is 4.74 Å². The summed E-state index contributed by atoms with van der Waals surface area (Å²) in [5.74, 6) is 1.24. The van der Waals surface area contributed by atoms with Crippen molar-refractivity contribution in [3.8, 4) is 5.75 Å². The molecule has 0 saturated heterocycles. The third-order valence-electron chi connectivity index (χ3n) is 2.79. The summed E-state index contributed by atoms with van der Waals surface area (Å²) >= 11 is 0. The molecule has 0 spiro atoms. The van der Waals surface area contributed by atoms with E-state index in [1.54, 1.807) is 6.08 Å². The molecule has 3 nitrogen and oxygen atoms in total. The van der Waals surface area contributed by atoms with Crippen molar-refractivity contribution in [1.82, 2.24) is 0 Å². The van der Waals surface area contributed by atoms with Crippen LogP contribution in [0.1, 0.15) is 23.5 Å². The maximum absolute atomic E-state index is 10.1. The average Bonchev–Trinajstić information content (AvgIpc) is 2.26. The van der Waals surface area contributed by atoms with Gasteiger partial charge in [0.1, 0.15) is 5.75 Å². The van der Waals surface area contributed by atoms with Crippen LogP contribution in [0.25, 0.3) is 0 Å². The molecule has 0 aliphatic carbocycles. The number of hydrogen-bond acceptors (Lipinski definition) is 3. The topological polar surface area (TPSA) is 38.7 Å². The van der Waals surface area contributed by atoms with Crippen molar-refractivity contribution in [1.29, 1.82) is 0 Å². The van der Waals surface area contributed by atoms with Gasteiger partial charge in [0.25, 0.3) is 0 Å². The van der Waals surface area contributed by atoms with E-state index < -0.39 is 0 Å². The van der Waals surface area contributed by atoms with Gasteiger partial charge in [0.15, 0.2) is 0 Å². The average molecular weight is 203 g/mol. The number of carbonyl (C=O) groups excluding carboxylic acids is 1. The van der Waals surface area contributed by atoms with Crippen molar-refractivity contribution in [3.63, 3.8) is 0 Å². The predicted octanol–water partition coefficient (Wildman–Crippen LogP) is 2.20. The van der Waals surface area contributed by atoms with Gasteiger partial charge in [0, 0.05) is 11.5 Å². The van der Waals surface area contributed by atoms with Gasteiger partial charge in [-0.2, -0.15) is 0 Å². The summed E-state index contributed by atoms with van der Waals surface area (Å²) in [6, 6.07) is 6.02. The van der Waals surface area contributed by atoms with Gasteiger partial charge in [-0.3, -0.25) is 0 Å². The summed E-state index contributed by atoms with van der Waals surface area (Å²) in [4.78, 5) is 13.8. The fourth-order valence-corrected chi connectivity index (χ4v) is 2.09. The SMILES string of the molecule is Cc1cccc2c1C(CN=C=O)CCO2. The first-order valence-electron chi connectivity index (χ1n) is 5.09. The quantitative estimate of drug-likeness (QED) is 0.546. The number of nitrogens with zero attached hydrogens (tertiary/aromatic N) is 1. The minimum absolute atomic E-state index is 0.302. The number of hydrogen-bond donors (Lipinski definition) is 0. The second-order valence-corrected chi connectivity index (χ2v) is 3.75. The van der Waals surface area contributed by atoms with Gasteiger partial charge in [-0.15, -0.1) is 0 Å². The highest BCUT2D eigenvalue weighted by molar-refractivity contribution is 5.44. The van der Waals surface area contributed by atoms with Gasteiger partial charge >= 0.3 is 0 Å². The Labute approximate surface area is 88.8 Å². The van der Waals surface area contributed by atoms with Crippen molar-refractivity contribution in [2.75, 3.05) is 13.2 Å². The van der Waals surface area contributed by atoms with E-state index in [4.69, 9.17) is 4.74 Å². The third kappa shape index (κ3) is 1.92. The smallest absolute Gasteiger partial charge is 0.234 e. The van der Waals surface area contributed by atoms with E-state index >= 15 is 0 Å². The molecule has 1 atom stereocenters. The Morgan fingerprint density at radius 3 is 3.27 bits per heavy atom. The Hall–Kier alpha value is -1.60. The second kappa shape index (κ2) is 4.28. The number of fused-ring (bicyclic) bond motifs is 1. The number of aliphatic imine (C=N–C) groups is 1. The Morgan fingerprint density at radius 1 is 1.60 bits per heavy atom. The molecule has 0 aromatic heterocycles. The minimum Gasteiger partial charge on any atom is -0.493 e. The van der Waals surface area contributed by atoms with Crippen LogP contribution in [0.2, 0.25) is 0 Å². The maximum atomic E-state index is 10.1. The lowest BCUT2D eigenvalue weighted by atomic mass is 9.90. The molecule has 78 valence electrons. The van der Waals surface area contributed by atoms with E-state index in [2.05, 4.69) is 18.0 Å². The summed E-state index contributed by atoms with van der Waals surface area (Å²) in [6.45, 7) is 3.28. The number of rotatable bonds is 2. The Morgan fingerprint density at radius 2 is 2.47 bits per heavy atom. The summed E-state index contributed by atoms with van der Waals surface area (Å²) in [7, 11) is 0. The first-order valence-corrected chi connectivity index (χ1v) is 5.09. The lowest BCUT2D eigenvalue weighted by Gasteiger charge is -2.26. The molecular formula is C12H13NO2. The molecule has 2 rings (SSSR count). The van der Waals surface area contributed by atoms with Gasteiger partial charge in [0.2, 0.25) is 6.08 Å². The van der Waals surface area contributed by atoms with E-state index in [0.717, 1.165) is 12.2 Å². The zero-order valence-corrected chi connectivity index (χ0v) is 8.69. The lowest BCUT2D eigenvalue weighted by Crippen LogP contribution is -2.17. The van der Waals surface area contributed by atoms with Crippen molar-refractivity contribution >= 4 is 6.08 Å². The molecule has 0 N–H and O–H groups in total. The molecular weight excluding hydrogens is 190 g/mol. The van der Waals surface area contributed by atoms with Gasteiger partial charge < -0.3 is 4.74 Å². The number of isocyanates is 1. The third-order valence-corrected chi connectivity index (χ3v) is 2.79. The van der Waals surface area contributed by atoms with Crippen molar-refractivity contribution in [2.24, 2.45) is 4.99 Å². The largest absolute Gasteiger partial charge is 0.493 e. The zero-order valence-electron chi connectivity index (χ0n) is 8.69. The number of aryl methyl sites for hydroxylation is 1. The summed E-state index contributed by atoms with van der Waals surface area (Å²) < 4.78 is 5.57. The van der Waals surface area contributed by atoms with Crippen LogP contribution in [0, 0.1) is 6.92 Å². The van der Waals surface area contributed by atoms with Crippen LogP contribution in [0.4, 0.5) is 0 Å². The van der Waals surface area contributed by atoms with E-state index in [9.17, 15) is 4.79 Å². The summed E-state index contributed by atoms with van der Waals surface area (Å²) in [5, 5.41) is 0. The highest BCUT2D eigenvalue weighted by Gasteiger charge is 2.22. The summed E-state index contributed by atoms with van der Waals surface area (Å²) in [5.41, 5.74) is 2.40. The Bertz CT molecular complexity index is 408. The molecule has 1 aliphatic rings. The van der Waals surface area contributed by atoms with Gasteiger partial charge in [-0.05, 0) is 25.0 Å². The molecule has 0 radical (unpaired) electrons. The Kier molecular flexibility index (Phi) is 2.84. The summed E-state index contributed by atoms with van der Waals surface area (Å²) in [6.07, 6.45) is 2.52. The lowest BCUT2D eigenvalue weighted by molar-refractivity contribution is 0.268. The van der Waals surface area contributed by atoms with Gasteiger partial charge in [-0.25, -0.2) is 9.79 Å². The molecule has 0 saturated carbocycles. The second-order valence-electron chi connectivity index (χ2n) is 3.75. The fraction of sp³-hybridized carbons (Fsp3) is 0.417. The van der Waals surface area contributed by atoms with Crippen molar-refractivity contribution < 1.29 is 9.53 Å². The Balaban J connectivity index is 2.36. The predicted molar refractivity (Wildman–Crippen MR) is 57.0 cm³/mol. The van der Waals surface area contributed by atoms with Crippen LogP contribution in [0.15, 0.2) is 23.2 Å². The number of benzene rings is 1. The maximum Gasteiger partial charge on any atom is 0.234 e. The molecule has 1 unspecified atom stereocenters. The highest BCUT2D eigenvalue weighted by Crippen LogP contribution is 2.35. The van der Waals surface area contributed by atoms with E-state index in [1.165, 1.54) is 11.1 Å². The molecule has 1 aromatic rings. The van der Waals surface area contributed by atoms with Crippen LogP contribution in [0.5, 0.6) is 5.75 Å². The van der Waals surface area contributed by atoms with E-state index in [0.29, 0.717) is 19.1 Å². The molecule has 1 heterocycles. The molecule has 3 heteroatoms. The van der Waals surface area contributed by atoms with Crippen LogP contribution >= 0.6 is 0 Å². The van der Waals surface area contributed by atoms with Gasteiger partial charge in [0.05, 0.1) is 13.2 Å². The van der Waals surface area contributed by atoms with Gasteiger partial charge in [-0.1, -0.05) is 12.1 Å². The van der Waals surface area contributed by atoms with Crippen molar-refractivity contribution in [3.05, 3.63) is 29.3 Å². The van der Waals surface area contributed by atoms with E-state index in [1.807, 2.05) is 12.1 Å². The molecule has 1 aromatic carbocycles. The molecule has 0 fully saturated rings. The number of ether oxygens (including phenoxy) is 1. The normalized spacial score (nSPS) is 18.6. The molecule has 1 aliphatic heterocycles. The fourth-order valence-electron chi connectivity index (χ4n) is 2.09. The highest BCUT2D eigenvalue weighted by atomic mass is 16.5. The monoisotopic (exact) mass is 203 g/mol. The molecule has 15 heavy (non-hydrogen) atoms. The van der Waals surface area contributed by atoms with Crippen LogP contribution in [0.3, 0.4) is 0 Å². The standard InChI is InChI=1S/C12H13NO2/c1-9-3-2-4-11-12(9)10(5-6-15-11)7-13-8-14/h2-4,10H,5-7H2,1H3. The zero-order chi connectivity index (χ0) is 10.7. The van der Waals surface area contributed by atoms with Crippen LogP contribution in [-0.2, 0) is 4.79 Å². The molecule has 0 amide bonds. The van der Waals surface area contributed by atoms with Crippen LogP contribution in [-0.4, -0.2) is 19.2 Å². The minimum atomic E-state index is 0.302. The van der Waals surface area contributed by atoms with Crippen molar-refractivity contribution in [2.45, 2.75) is 19.3 Å². The molecule has 0 bridgehead atoms. The van der Waals surface area contributed by atoms with E-state index in [-0.39, 0.29) is 0 Å². The first-order chi connectivity index (χ1) is 7.33. The first kappa shape index (κ1) is 9.94.